The highest BCUT2D eigenvalue weighted by molar-refractivity contribution is 6.32. The molecule has 0 radical (unpaired) electrons. The molecule has 2 aromatic rings. The molecular weight excluding hydrogens is 434 g/mol. The SMILES string of the molecule is CCCCOc1cc2c(cc1Cl)-c1cc(=O)c(CC(=O)CC(C)(C)C)cn1C(C(C)(C)C)C2. The molecule has 0 fully saturated rings. The van der Waals surface area contributed by atoms with Crippen molar-refractivity contribution in [3.05, 3.63) is 50.8 Å². The van der Waals surface area contributed by atoms with Crippen molar-refractivity contribution in [2.45, 2.75) is 86.6 Å². The van der Waals surface area contributed by atoms with E-state index >= 15 is 0 Å². The number of rotatable bonds is 7. The summed E-state index contributed by atoms with van der Waals surface area (Å²) in [5.74, 6) is 0.803. The zero-order valence-corrected chi connectivity index (χ0v) is 21.9. The van der Waals surface area contributed by atoms with Gasteiger partial charge in [-0.15, -0.1) is 0 Å². The number of aromatic nitrogens is 1. The fourth-order valence-electron chi connectivity index (χ4n) is 4.54. The molecule has 2 heterocycles. The Morgan fingerprint density at radius 1 is 1.15 bits per heavy atom. The van der Waals surface area contributed by atoms with Gasteiger partial charge in [0.05, 0.1) is 17.3 Å². The summed E-state index contributed by atoms with van der Waals surface area (Å²) in [7, 11) is 0. The van der Waals surface area contributed by atoms with Gasteiger partial charge in [-0.1, -0.05) is 66.5 Å². The molecule has 4 nitrogen and oxygen atoms in total. The highest BCUT2D eigenvalue weighted by Gasteiger charge is 2.33. The van der Waals surface area contributed by atoms with Gasteiger partial charge in [-0.05, 0) is 41.4 Å². The van der Waals surface area contributed by atoms with Crippen molar-refractivity contribution in [3.63, 3.8) is 0 Å². The molecule has 0 N–H and O–H groups in total. The van der Waals surface area contributed by atoms with Crippen LogP contribution in [-0.4, -0.2) is 17.0 Å². The van der Waals surface area contributed by atoms with Crippen molar-refractivity contribution in [1.82, 2.24) is 4.57 Å². The molecule has 0 aliphatic carbocycles. The molecule has 1 atom stereocenters. The molecule has 5 heteroatoms. The monoisotopic (exact) mass is 471 g/mol. The second kappa shape index (κ2) is 9.66. The van der Waals surface area contributed by atoms with Crippen molar-refractivity contribution in [1.29, 1.82) is 0 Å². The molecule has 3 rings (SSSR count). The number of ketones is 1. The summed E-state index contributed by atoms with van der Waals surface area (Å²) in [5.41, 5.74) is 3.30. The first-order valence-corrected chi connectivity index (χ1v) is 12.4. The fourth-order valence-corrected chi connectivity index (χ4v) is 4.75. The van der Waals surface area contributed by atoms with Gasteiger partial charge in [0.15, 0.2) is 5.43 Å². The van der Waals surface area contributed by atoms with E-state index in [0.717, 1.165) is 36.1 Å². The van der Waals surface area contributed by atoms with Crippen LogP contribution in [-0.2, 0) is 17.6 Å². The van der Waals surface area contributed by atoms with Crippen molar-refractivity contribution >= 4 is 17.4 Å². The molecule has 0 spiro atoms. The predicted molar refractivity (Wildman–Crippen MR) is 137 cm³/mol. The average Bonchev–Trinajstić information content (AvgIpc) is 2.67. The number of fused-ring (bicyclic) bond motifs is 3. The summed E-state index contributed by atoms with van der Waals surface area (Å²) in [4.78, 5) is 25.7. The van der Waals surface area contributed by atoms with E-state index in [1.54, 1.807) is 6.07 Å². The summed E-state index contributed by atoms with van der Waals surface area (Å²) in [5, 5.41) is 0.558. The second-order valence-corrected chi connectivity index (χ2v) is 12.0. The normalized spacial score (nSPS) is 15.7. The first kappa shape index (κ1) is 25.6. The Morgan fingerprint density at radius 3 is 2.45 bits per heavy atom. The number of hydrogen-bond donors (Lipinski definition) is 0. The molecule has 1 aromatic carbocycles. The minimum Gasteiger partial charge on any atom is -0.492 e. The molecule has 33 heavy (non-hydrogen) atoms. The lowest BCUT2D eigenvalue weighted by atomic mass is 9.78. The molecule has 1 aromatic heterocycles. The number of carbonyl (C=O) groups excluding carboxylic acids is 1. The third-order valence-electron chi connectivity index (χ3n) is 6.21. The third kappa shape index (κ3) is 6.09. The van der Waals surface area contributed by atoms with E-state index in [-0.39, 0.29) is 34.5 Å². The van der Waals surface area contributed by atoms with Crippen molar-refractivity contribution in [3.8, 4) is 17.0 Å². The van der Waals surface area contributed by atoms with Gasteiger partial charge in [-0.25, -0.2) is 0 Å². The zero-order valence-electron chi connectivity index (χ0n) is 21.2. The number of nitrogens with zero attached hydrogens (tertiary/aromatic N) is 1. The lowest BCUT2D eigenvalue weighted by molar-refractivity contribution is -0.120. The molecule has 180 valence electrons. The molecular formula is C28H38ClNO3. The topological polar surface area (TPSA) is 48.3 Å². The first-order valence-electron chi connectivity index (χ1n) is 12.0. The van der Waals surface area contributed by atoms with Gasteiger partial charge in [0.1, 0.15) is 11.5 Å². The molecule has 0 amide bonds. The Bertz CT molecular complexity index is 1090. The number of unbranched alkanes of at least 4 members (excludes halogenated alkanes) is 1. The number of carbonyl (C=O) groups is 1. The Hall–Kier alpha value is -2.07. The van der Waals surface area contributed by atoms with Crippen LogP contribution in [0.1, 0.15) is 84.9 Å². The third-order valence-corrected chi connectivity index (χ3v) is 6.51. The van der Waals surface area contributed by atoms with Gasteiger partial charge in [-0.2, -0.15) is 0 Å². The lowest BCUT2D eigenvalue weighted by Gasteiger charge is -2.39. The summed E-state index contributed by atoms with van der Waals surface area (Å²) in [6, 6.07) is 5.79. The van der Waals surface area contributed by atoms with Gasteiger partial charge >= 0.3 is 0 Å². The van der Waals surface area contributed by atoms with Gasteiger partial charge in [0.2, 0.25) is 0 Å². The van der Waals surface area contributed by atoms with Gasteiger partial charge < -0.3 is 9.30 Å². The minimum atomic E-state index is -0.0952. The maximum absolute atomic E-state index is 13.1. The number of Topliss-reactive ketones (excluding diaryl/α,β-unsaturated/α-hetero) is 1. The molecule has 0 saturated heterocycles. The average molecular weight is 472 g/mol. The molecule has 0 saturated carbocycles. The Balaban J connectivity index is 2.07. The Morgan fingerprint density at radius 2 is 1.85 bits per heavy atom. The van der Waals surface area contributed by atoms with Gasteiger partial charge in [-0.3, -0.25) is 9.59 Å². The highest BCUT2D eigenvalue weighted by Crippen LogP contribution is 2.45. The van der Waals surface area contributed by atoms with Crippen LogP contribution in [0.5, 0.6) is 5.75 Å². The van der Waals surface area contributed by atoms with Crippen molar-refractivity contribution < 1.29 is 9.53 Å². The van der Waals surface area contributed by atoms with Crippen LogP contribution in [0.3, 0.4) is 0 Å². The van der Waals surface area contributed by atoms with E-state index in [9.17, 15) is 9.59 Å². The van der Waals surface area contributed by atoms with E-state index < -0.39 is 0 Å². The molecule has 0 bridgehead atoms. The van der Waals surface area contributed by atoms with E-state index in [2.05, 4.69) is 32.3 Å². The Labute approximate surface area is 203 Å². The highest BCUT2D eigenvalue weighted by atomic mass is 35.5. The molecule has 1 aliphatic rings. The lowest BCUT2D eigenvalue weighted by Crippen LogP contribution is -2.32. The smallest absolute Gasteiger partial charge is 0.185 e. The number of hydrogen-bond acceptors (Lipinski definition) is 3. The van der Waals surface area contributed by atoms with Crippen LogP contribution in [0.2, 0.25) is 5.02 Å². The van der Waals surface area contributed by atoms with Crippen LogP contribution in [0.25, 0.3) is 11.3 Å². The number of halogens is 1. The summed E-state index contributed by atoms with van der Waals surface area (Å²) < 4.78 is 8.13. The summed E-state index contributed by atoms with van der Waals surface area (Å²) >= 11 is 6.58. The van der Waals surface area contributed by atoms with Crippen LogP contribution in [0.15, 0.2) is 29.2 Å². The van der Waals surface area contributed by atoms with E-state index in [1.807, 2.05) is 39.1 Å². The van der Waals surface area contributed by atoms with Crippen molar-refractivity contribution in [2.24, 2.45) is 10.8 Å². The van der Waals surface area contributed by atoms with Crippen LogP contribution in [0.4, 0.5) is 0 Å². The second-order valence-electron chi connectivity index (χ2n) is 11.6. The van der Waals surface area contributed by atoms with Crippen LogP contribution in [0, 0.1) is 10.8 Å². The predicted octanol–water partition coefficient (Wildman–Crippen LogP) is 7.04. The van der Waals surface area contributed by atoms with E-state index in [0.29, 0.717) is 29.4 Å². The maximum atomic E-state index is 13.1. The summed E-state index contributed by atoms with van der Waals surface area (Å²) in [6.07, 6.45) is 5.39. The first-order chi connectivity index (χ1) is 15.3. The van der Waals surface area contributed by atoms with E-state index in [1.165, 1.54) is 0 Å². The quantitative estimate of drug-likeness (QED) is 0.407. The molecule has 1 aliphatic heterocycles. The number of pyridine rings is 1. The maximum Gasteiger partial charge on any atom is 0.185 e. The largest absolute Gasteiger partial charge is 0.492 e. The van der Waals surface area contributed by atoms with Crippen molar-refractivity contribution in [2.75, 3.05) is 6.61 Å². The van der Waals surface area contributed by atoms with Crippen LogP contribution >= 0.6 is 11.6 Å². The van der Waals surface area contributed by atoms with E-state index in [4.69, 9.17) is 16.3 Å². The molecule has 1 unspecified atom stereocenters. The summed E-state index contributed by atoms with van der Waals surface area (Å²) in [6.45, 7) is 15.5. The standard InChI is InChI=1S/C28H38ClNO3/c1-8-9-10-33-25-12-18-13-26(28(5,6)7)30-17-19(11-20(31)16-27(2,3)4)24(32)15-23(30)21(18)14-22(25)29/h12,14-15,17,26H,8-11,13,16H2,1-7H3. The van der Waals surface area contributed by atoms with Crippen LogP contribution < -0.4 is 10.2 Å². The zero-order chi connectivity index (χ0) is 24.6. The minimum absolute atomic E-state index is 0.0446. The Kier molecular flexibility index (Phi) is 7.48. The number of benzene rings is 1. The van der Waals surface area contributed by atoms with Gasteiger partial charge in [0.25, 0.3) is 0 Å². The number of ether oxygens (including phenoxy) is 1. The van der Waals surface area contributed by atoms with Gasteiger partial charge in [0, 0.05) is 42.3 Å². The fraction of sp³-hybridized carbons (Fsp3) is 0.571.